The van der Waals surface area contributed by atoms with Crippen LogP contribution in [0.15, 0.2) is 16.7 Å². The Balaban J connectivity index is 2.34. The van der Waals surface area contributed by atoms with Crippen molar-refractivity contribution in [1.82, 2.24) is 4.98 Å². The zero-order valence-electron chi connectivity index (χ0n) is 10.3. The summed E-state index contributed by atoms with van der Waals surface area (Å²) in [5.41, 5.74) is -0.745. The lowest BCUT2D eigenvalue weighted by atomic mass is 9.96. The summed E-state index contributed by atoms with van der Waals surface area (Å²) in [5.74, 6) is -0.130. The molecule has 0 bridgehead atoms. The van der Waals surface area contributed by atoms with Crippen molar-refractivity contribution in [1.29, 1.82) is 0 Å². The highest BCUT2D eigenvalue weighted by molar-refractivity contribution is 9.10. The molecular weight excluding hydrogens is 325 g/mol. The fourth-order valence-electron chi connectivity index (χ4n) is 2.22. The van der Waals surface area contributed by atoms with E-state index < -0.39 is 17.8 Å². The minimum Gasteiger partial charge on any atom is -0.393 e. The van der Waals surface area contributed by atoms with Gasteiger partial charge in [-0.3, -0.25) is 0 Å². The number of halogens is 4. The Bertz CT molecular complexity index is 467. The molecule has 1 saturated heterocycles. The van der Waals surface area contributed by atoms with Crippen LogP contribution >= 0.6 is 15.9 Å². The number of hydrogen-bond donors (Lipinski definition) is 1. The highest BCUT2D eigenvalue weighted by atomic mass is 79.9. The summed E-state index contributed by atoms with van der Waals surface area (Å²) < 4.78 is 39.4. The van der Waals surface area contributed by atoms with Gasteiger partial charge in [0.15, 0.2) is 0 Å². The highest BCUT2D eigenvalue weighted by Gasteiger charge is 2.37. The van der Waals surface area contributed by atoms with E-state index in [0.717, 1.165) is 6.07 Å². The summed E-state index contributed by atoms with van der Waals surface area (Å²) in [6.07, 6.45) is -3.08. The van der Waals surface area contributed by atoms with Gasteiger partial charge in [-0.25, -0.2) is 4.98 Å². The number of alkyl halides is 3. The van der Waals surface area contributed by atoms with Crippen molar-refractivity contribution in [2.24, 2.45) is 5.92 Å². The van der Waals surface area contributed by atoms with Gasteiger partial charge in [-0.2, -0.15) is 13.2 Å². The van der Waals surface area contributed by atoms with Gasteiger partial charge in [-0.05, 0) is 34.3 Å². The Morgan fingerprint density at radius 1 is 1.47 bits per heavy atom. The molecular formula is C12H14BrF3N2O. The zero-order valence-corrected chi connectivity index (χ0v) is 11.9. The van der Waals surface area contributed by atoms with Crippen molar-refractivity contribution >= 4 is 21.7 Å². The van der Waals surface area contributed by atoms with Gasteiger partial charge in [0.05, 0.1) is 11.7 Å². The van der Waals surface area contributed by atoms with E-state index in [1.807, 2.05) is 6.92 Å². The molecule has 106 valence electrons. The van der Waals surface area contributed by atoms with E-state index in [4.69, 9.17) is 0 Å². The fourth-order valence-corrected chi connectivity index (χ4v) is 2.55. The number of anilines is 1. The van der Waals surface area contributed by atoms with Crippen molar-refractivity contribution in [3.63, 3.8) is 0 Å². The van der Waals surface area contributed by atoms with Gasteiger partial charge in [0, 0.05) is 23.8 Å². The van der Waals surface area contributed by atoms with Crippen LogP contribution in [-0.2, 0) is 6.18 Å². The first-order valence-electron chi connectivity index (χ1n) is 5.95. The van der Waals surface area contributed by atoms with Crippen molar-refractivity contribution < 1.29 is 18.3 Å². The second kappa shape index (κ2) is 5.28. The largest absolute Gasteiger partial charge is 0.419 e. The van der Waals surface area contributed by atoms with E-state index in [9.17, 15) is 18.3 Å². The van der Waals surface area contributed by atoms with Crippen LogP contribution in [0.4, 0.5) is 19.0 Å². The van der Waals surface area contributed by atoms with Crippen molar-refractivity contribution in [3.05, 3.63) is 22.3 Å². The molecule has 0 amide bonds. The first kappa shape index (κ1) is 14.6. The monoisotopic (exact) mass is 338 g/mol. The van der Waals surface area contributed by atoms with Gasteiger partial charge >= 0.3 is 6.18 Å². The fraction of sp³-hybridized carbons (Fsp3) is 0.583. The maximum Gasteiger partial charge on any atom is 0.419 e. The molecule has 0 spiro atoms. The Kier molecular flexibility index (Phi) is 4.06. The molecule has 1 aliphatic rings. The maximum absolute atomic E-state index is 13.0. The normalized spacial score (nSPS) is 24.6. The predicted octanol–water partition coefficient (Wildman–Crippen LogP) is 3.07. The van der Waals surface area contributed by atoms with Crippen molar-refractivity contribution in [3.8, 4) is 0 Å². The molecule has 0 saturated carbocycles. The van der Waals surface area contributed by atoms with Gasteiger partial charge in [-0.15, -0.1) is 0 Å². The standard InChI is InChI=1S/C12H14BrF3N2O/c1-7-6-18(3-2-10(7)19)11-9(12(14,15)16)4-8(13)5-17-11/h4-5,7,10,19H,2-3,6H2,1H3. The average molecular weight is 339 g/mol. The summed E-state index contributed by atoms with van der Waals surface area (Å²) in [6.45, 7) is 2.57. The molecule has 1 aromatic heterocycles. The van der Waals surface area contributed by atoms with E-state index in [2.05, 4.69) is 20.9 Å². The zero-order chi connectivity index (χ0) is 14.2. The summed E-state index contributed by atoms with van der Waals surface area (Å²) in [7, 11) is 0. The highest BCUT2D eigenvalue weighted by Crippen LogP contribution is 2.38. The summed E-state index contributed by atoms with van der Waals surface area (Å²) >= 11 is 3.01. The smallest absolute Gasteiger partial charge is 0.393 e. The number of aromatic nitrogens is 1. The Hall–Kier alpha value is -0.820. The molecule has 2 unspecified atom stereocenters. The first-order valence-corrected chi connectivity index (χ1v) is 6.74. The molecule has 1 aliphatic heterocycles. The molecule has 1 fully saturated rings. The second-order valence-corrected chi connectivity index (χ2v) is 5.72. The summed E-state index contributed by atoms with van der Waals surface area (Å²) in [6, 6.07) is 1.04. The summed E-state index contributed by atoms with van der Waals surface area (Å²) in [5, 5.41) is 9.64. The molecule has 0 aromatic carbocycles. The van der Waals surface area contributed by atoms with Gasteiger partial charge < -0.3 is 10.0 Å². The van der Waals surface area contributed by atoms with Crippen molar-refractivity contribution in [2.75, 3.05) is 18.0 Å². The van der Waals surface area contributed by atoms with Crippen LogP contribution in [0.5, 0.6) is 0 Å². The third-order valence-corrected chi connectivity index (χ3v) is 3.73. The number of nitrogens with zero attached hydrogens (tertiary/aromatic N) is 2. The first-order chi connectivity index (χ1) is 8.79. The molecule has 2 rings (SSSR count). The van der Waals surface area contributed by atoms with E-state index in [0.29, 0.717) is 24.0 Å². The Labute approximate surface area is 117 Å². The molecule has 2 atom stereocenters. The summed E-state index contributed by atoms with van der Waals surface area (Å²) in [4.78, 5) is 5.50. The van der Waals surface area contributed by atoms with Crippen LogP contribution < -0.4 is 4.90 Å². The maximum atomic E-state index is 13.0. The van der Waals surface area contributed by atoms with Crippen LogP contribution in [0.1, 0.15) is 18.9 Å². The molecule has 1 aromatic rings. The third-order valence-electron chi connectivity index (χ3n) is 3.30. The second-order valence-electron chi connectivity index (χ2n) is 4.80. The number of pyridine rings is 1. The minimum atomic E-state index is -4.44. The lowest BCUT2D eigenvalue weighted by molar-refractivity contribution is -0.137. The Morgan fingerprint density at radius 3 is 2.74 bits per heavy atom. The van der Waals surface area contributed by atoms with Gasteiger partial charge in [0.25, 0.3) is 0 Å². The van der Waals surface area contributed by atoms with Crippen LogP contribution in [0.2, 0.25) is 0 Å². The lowest BCUT2D eigenvalue weighted by Gasteiger charge is -2.36. The number of aliphatic hydroxyl groups is 1. The molecule has 7 heteroatoms. The van der Waals surface area contributed by atoms with Gasteiger partial charge in [-0.1, -0.05) is 6.92 Å². The third kappa shape index (κ3) is 3.20. The van der Waals surface area contributed by atoms with Crippen LogP contribution in [-0.4, -0.2) is 29.3 Å². The minimum absolute atomic E-state index is 0.0607. The van der Waals surface area contributed by atoms with E-state index in [-0.39, 0.29) is 11.7 Å². The number of rotatable bonds is 1. The molecule has 2 heterocycles. The van der Waals surface area contributed by atoms with Crippen LogP contribution in [0.25, 0.3) is 0 Å². The molecule has 3 nitrogen and oxygen atoms in total. The molecule has 0 radical (unpaired) electrons. The van der Waals surface area contributed by atoms with E-state index in [1.54, 1.807) is 4.90 Å². The quantitative estimate of drug-likeness (QED) is 0.854. The topological polar surface area (TPSA) is 36.4 Å². The van der Waals surface area contributed by atoms with E-state index >= 15 is 0 Å². The van der Waals surface area contributed by atoms with Crippen LogP contribution in [0, 0.1) is 5.92 Å². The molecule has 0 aliphatic carbocycles. The lowest BCUT2D eigenvalue weighted by Crippen LogP contribution is -2.43. The predicted molar refractivity (Wildman–Crippen MR) is 68.9 cm³/mol. The van der Waals surface area contributed by atoms with Gasteiger partial charge in [0.2, 0.25) is 0 Å². The molecule has 1 N–H and O–H groups in total. The number of hydrogen-bond acceptors (Lipinski definition) is 3. The SMILES string of the molecule is CC1CN(c2ncc(Br)cc2C(F)(F)F)CCC1O. The Morgan fingerprint density at radius 2 is 2.16 bits per heavy atom. The van der Waals surface area contributed by atoms with Gasteiger partial charge in [0.1, 0.15) is 5.82 Å². The van der Waals surface area contributed by atoms with Crippen molar-refractivity contribution in [2.45, 2.75) is 25.6 Å². The molecule has 19 heavy (non-hydrogen) atoms. The average Bonchev–Trinajstić information content (AvgIpc) is 2.32. The van der Waals surface area contributed by atoms with E-state index in [1.165, 1.54) is 6.20 Å². The number of piperidine rings is 1. The van der Waals surface area contributed by atoms with Crippen LogP contribution in [0.3, 0.4) is 0 Å². The number of aliphatic hydroxyl groups excluding tert-OH is 1.